The monoisotopic (exact) mass is 455 g/mol. The standard InChI is InChI=1S/C28H22ClNO3/c1-18-6-2-3-9-22(18)17-30-25-13-12-23(29)15-24(25)28(33,27(30)32)16-26(31)21-11-10-19-7-4-5-8-20(19)14-21/h2-15,33H,16-17H2,1H3/t28-/m0/s1. The summed E-state index contributed by atoms with van der Waals surface area (Å²) >= 11 is 6.22. The minimum absolute atomic E-state index is 0.298. The van der Waals surface area contributed by atoms with E-state index in [4.69, 9.17) is 11.6 Å². The van der Waals surface area contributed by atoms with Gasteiger partial charge in [0.05, 0.1) is 18.7 Å². The highest BCUT2D eigenvalue weighted by Crippen LogP contribution is 2.45. The van der Waals surface area contributed by atoms with Crippen molar-refractivity contribution in [1.82, 2.24) is 0 Å². The lowest BCUT2D eigenvalue weighted by Crippen LogP contribution is -2.41. The molecular weight excluding hydrogens is 434 g/mol. The predicted molar refractivity (Wildman–Crippen MR) is 131 cm³/mol. The van der Waals surface area contributed by atoms with Crippen molar-refractivity contribution in [2.75, 3.05) is 4.90 Å². The second-order valence-electron chi connectivity index (χ2n) is 8.50. The number of hydrogen-bond donors (Lipinski definition) is 1. The maximum atomic E-state index is 13.6. The number of aliphatic hydroxyl groups is 1. The fourth-order valence-electron chi connectivity index (χ4n) is 4.51. The Morgan fingerprint density at radius 2 is 1.67 bits per heavy atom. The molecule has 4 aromatic rings. The lowest BCUT2D eigenvalue weighted by atomic mass is 9.87. The van der Waals surface area contributed by atoms with Gasteiger partial charge < -0.3 is 10.0 Å². The molecule has 0 saturated carbocycles. The second-order valence-corrected chi connectivity index (χ2v) is 8.94. The van der Waals surface area contributed by atoms with Crippen LogP contribution in [0, 0.1) is 6.92 Å². The average molecular weight is 456 g/mol. The van der Waals surface area contributed by atoms with Crippen LogP contribution in [0.5, 0.6) is 0 Å². The molecule has 33 heavy (non-hydrogen) atoms. The van der Waals surface area contributed by atoms with Crippen LogP contribution in [0.1, 0.15) is 33.5 Å². The van der Waals surface area contributed by atoms with Gasteiger partial charge in [0.1, 0.15) is 0 Å². The van der Waals surface area contributed by atoms with Crippen molar-refractivity contribution in [1.29, 1.82) is 0 Å². The lowest BCUT2D eigenvalue weighted by molar-refractivity contribution is -0.136. The Balaban J connectivity index is 1.52. The second kappa shape index (κ2) is 8.14. The van der Waals surface area contributed by atoms with Gasteiger partial charge in [0, 0.05) is 16.1 Å². The molecule has 0 aromatic heterocycles. The minimum atomic E-state index is -1.98. The molecule has 1 N–H and O–H groups in total. The third kappa shape index (κ3) is 3.71. The number of Topliss-reactive ketones (excluding diaryl/α,β-unsaturated/α-hetero) is 1. The number of rotatable bonds is 5. The number of nitrogens with zero attached hydrogens (tertiary/aromatic N) is 1. The summed E-state index contributed by atoms with van der Waals surface area (Å²) in [7, 11) is 0. The number of carbonyl (C=O) groups is 2. The Bertz CT molecular complexity index is 1410. The van der Waals surface area contributed by atoms with Gasteiger partial charge in [0.2, 0.25) is 0 Å². The molecule has 0 aliphatic carbocycles. The summed E-state index contributed by atoms with van der Waals surface area (Å²) in [5, 5.41) is 14.0. The Labute approximate surface area is 197 Å². The van der Waals surface area contributed by atoms with Gasteiger partial charge in [-0.05, 0) is 53.1 Å². The molecule has 5 rings (SSSR count). The van der Waals surface area contributed by atoms with Gasteiger partial charge in [-0.25, -0.2) is 0 Å². The third-order valence-electron chi connectivity index (χ3n) is 6.37. The highest BCUT2D eigenvalue weighted by atomic mass is 35.5. The first-order valence-electron chi connectivity index (χ1n) is 10.8. The first kappa shape index (κ1) is 21.4. The summed E-state index contributed by atoms with van der Waals surface area (Å²) in [4.78, 5) is 28.4. The zero-order chi connectivity index (χ0) is 23.2. The fraction of sp³-hybridized carbons (Fsp3) is 0.143. The van der Waals surface area contributed by atoms with Crippen molar-refractivity contribution in [3.8, 4) is 0 Å². The number of fused-ring (bicyclic) bond motifs is 2. The van der Waals surface area contributed by atoms with E-state index in [1.807, 2.05) is 61.5 Å². The van der Waals surface area contributed by atoms with E-state index in [1.165, 1.54) is 0 Å². The van der Waals surface area contributed by atoms with Gasteiger partial charge in [0.15, 0.2) is 11.4 Å². The average Bonchev–Trinajstić information content (AvgIpc) is 3.01. The molecule has 164 valence electrons. The van der Waals surface area contributed by atoms with Crippen LogP contribution in [0.4, 0.5) is 5.69 Å². The molecule has 1 amide bonds. The van der Waals surface area contributed by atoms with Crippen LogP contribution in [-0.4, -0.2) is 16.8 Å². The van der Waals surface area contributed by atoms with Crippen molar-refractivity contribution in [3.63, 3.8) is 0 Å². The van der Waals surface area contributed by atoms with Crippen molar-refractivity contribution in [3.05, 3.63) is 112 Å². The molecule has 1 atom stereocenters. The molecule has 0 unspecified atom stereocenters. The SMILES string of the molecule is Cc1ccccc1CN1C(=O)[C@](O)(CC(=O)c2ccc3ccccc3c2)c2cc(Cl)ccc21. The Kier molecular flexibility index (Phi) is 5.28. The molecule has 0 saturated heterocycles. The number of aryl methyl sites for hydroxylation is 1. The number of hydrogen-bond acceptors (Lipinski definition) is 3. The van der Waals surface area contributed by atoms with E-state index in [0.717, 1.165) is 21.9 Å². The van der Waals surface area contributed by atoms with Crippen LogP contribution in [0.15, 0.2) is 84.9 Å². The Morgan fingerprint density at radius 3 is 2.45 bits per heavy atom. The molecule has 0 fully saturated rings. The number of amides is 1. The maximum absolute atomic E-state index is 13.6. The van der Waals surface area contributed by atoms with Crippen molar-refractivity contribution in [2.24, 2.45) is 0 Å². The number of halogens is 1. The zero-order valence-corrected chi connectivity index (χ0v) is 18.8. The summed E-state index contributed by atoms with van der Waals surface area (Å²) in [5.74, 6) is -0.822. The van der Waals surface area contributed by atoms with Crippen LogP contribution in [-0.2, 0) is 16.9 Å². The van der Waals surface area contributed by atoms with Crippen LogP contribution < -0.4 is 4.90 Å². The largest absolute Gasteiger partial charge is 0.375 e. The summed E-state index contributed by atoms with van der Waals surface area (Å²) in [5.41, 5.74) is 1.42. The first-order chi connectivity index (χ1) is 15.9. The van der Waals surface area contributed by atoms with Crippen LogP contribution >= 0.6 is 11.6 Å². The topological polar surface area (TPSA) is 57.6 Å². The molecule has 4 aromatic carbocycles. The van der Waals surface area contributed by atoms with E-state index in [2.05, 4.69) is 0 Å². The minimum Gasteiger partial charge on any atom is -0.375 e. The maximum Gasteiger partial charge on any atom is 0.264 e. The number of benzene rings is 4. The van der Waals surface area contributed by atoms with Crippen LogP contribution in [0.3, 0.4) is 0 Å². The highest BCUT2D eigenvalue weighted by molar-refractivity contribution is 6.31. The molecule has 4 nitrogen and oxygen atoms in total. The van der Waals surface area contributed by atoms with Crippen LogP contribution in [0.25, 0.3) is 10.8 Å². The molecule has 1 heterocycles. The molecule has 5 heteroatoms. The van der Waals surface area contributed by atoms with E-state index in [1.54, 1.807) is 35.2 Å². The molecular formula is C28H22ClNO3. The van der Waals surface area contributed by atoms with Gasteiger partial charge in [-0.2, -0.15) is 0 Å². The van der Waals surface area contributed by atoms with E-state index in [0.29, 0.717) is 28.4 Å². The number of anilines is 1. The smallest absolute Gasteiger partial charge is 0.264 e. The lowest BCUT2D eigenvalue weighted by Gasteiger charge is -2.23. The van der Waals surface area contributed by atoms with Crippen LogP contribution in [0.2, 0.25) is 5.02 Å². The summed E-state index contributed by atoms with van der Waals surface area (Å²) < 4.78 is 0. The molecule has 0 radical (unpaired) electrons. The van der Waals surface area contributed by atoms with Gasteiger partial charge in [-0.3, -0.25) is 9.59 Å². The Morgan fingerprint density at radius 1 is 0.939 bits per heavy atom. The predicted octanol–water partition coefficient (Wildman–Crippen LogP) is 5.81. The molecule has 0 bridgehead atoms. The molecule has 1 aliphatic rings. The molecule has 1 aliphatic heterocycles. The van der Waals surface area contributed by atoms with E-state index in [-0.39, 0.29) is 12.2 Å². The fourth-order valence-corrected chi connectivity index (χ4v) is 4.68. The van der Waals surface area contributed by atoms with Gasteiger partial charge >= 0.3 is 0 Å². The zero-order valence-electron chi connectivity index (χ0n) is 18.1. The summed E-state index contributed by atoms with van der Waals surface area (Å²) in [6.45, 7) is 2.28. The normalized spacial score (nSPS) is 17.4. The number of carbonyl (C=O) groups excluding carboxylic acids is 2. The van der Waals surface area contributed by atoms with Crippen molar-refractivity contribution < 1.29 is 14.7 Å². The Hall–Kier alpha value is -3.47. The quantitative estimate of drug-likeness (QED) is 0.386. The van der Waals surface area contributed by atoms with Gasteiger partial charge in [0.25, 0.3) is 5.91 Å². The van der Waals surface area contributed by atoms with Gasteiger partial charge in [-0.15, -0.1) is 0 Å². The summed E-state index contributed by atoms with van der Waals surface area (Å²) in [6.07, 6.45) is -0.359. The van der Waals surface area contributed by atoms with E-state index >= 15 is 0 Å². The van der Waals surface area contributed by atoms with E-state index < -0.39 is 11.5 Å². The van der Waals surface area contributed by atoms with Gasteiger partial charge in [-0.1, -0.05) is 72.3 Å². The third-order valence-corrected chi connectivity index (χ3v) is 6.61. The highest BCUT2D eigenvalue weighted by Gasteiger charge is 2.51. The van der Waals surface area contributed by atoms with E-state index in [9.17, 15) is 14.7 Å². The molecule has 0 spiro atoms. The number of ketones is 1. The van der Waals surface area contributed by atoms with Crippen molar-refractivity contribution in [2.45, 2.75) is 25.5 Å². The summed E-state index contributed by atoms with van der Waals surface area (Å²) in [6, 6.07) is 25.9. The van der Waals surface area contributed by atoms with Crippen molar-refractivity contribution >= 4 is 39.8 Å². The first-order valence-corrected chi connectivity index (χ1v) is 11.2.